The molecule has 6 nitrogen and oxygen atoms in total. The average Bonchev–Trinajstić information content (AvgIpc) is 3.34. The Morgan fingerprint density at radius 2 is 1.80 bits per heavy atom. The van der Waals surface area contributed by atoms with Crippen LogP contribution in [0.3, 0.4) is 0 Å². The zero-order valence-electron chi connectivity index (χ0n) is 18.4. The van der Waals surface area contributed by atoms with E-state index >= 15 is 0 Å². The molecule has 2 aliphatic carbocycles. The summed E-state index contributed by atoms with van der Waals surface area (Å²) in [6, 6.07) is 7.91. The summed E-state index contributed by atoms with van der Waals surface area (Å²) < 4.78 is 0. The Hall–Kier alpha value is -1.92. The second kappa shape index (κ2) is 8.67. The predicted octanol–water partition coefficient (Wildman–Crippen LogP) is 2.13. The van der Waals surface area contributed by atoms with E-state index in [2.05, 4.69) is 22.3 Å². The number of hydrogen-bond donors (Lipinski definition) is 2. The topological polar surface area (TPSA) is 78.7 Å². The van der Waals surface area contributed by atoms with E-state index < -0.39 is 0 Å². The number of nitrogens with one attached hydrogen (secondary N) is 1. The second-order valence-corrected chi connectivity index (χ2v) is 9.83. The van der Waals surface area contributed by atoms with Crippen LogP contribution in [0.25, 0.3) is 0 Å². The fourth-order valence-electron chi connectivity index (χ4n) is 5.23. The van der Waals surface area contributed by atoms with Crippen molar-refractivity contribution >= 4 is 11.8 Å². The van der Waals surface area contributed by atoms with Gasteiger partial charge in [0.05, 0.1) is 0 Å². The van der Waals surface area contributed by atoms with Crippen LogP contribution >= 0.6 is 0 Å². The summed E-state index contributed by atoms with van der Waals surface area (Å²) in [5.74, 6) is -0.0321. The Morgan fingerprint density at radius 3 is 2.40 bits per heavy atom. The van der Waals surface area contributed by atoms with Crippen LogP contribution in [0.4, 0.5) is 0 Å². The minimum absolute atomic E-state index is 0.0622. The van der Waals surface area contributed by atoms with Crippen LogP contribution in [0.15, 0.2) is 24.3 Å². The Bertz CT molecular complexity index is 766. The molecule has 0 bridgehead atoms. The molecule has 1 aromatic carbocycles. The van der Waals surface area contributed by atoms with Gasteiger partial charge in [-0.3, -0.25) is 9.59 Å². The normalized spacial score (nSPS) is 28.2. The minimum atomic E-state index is -0.162. The number of likely N-dealkylation sites (tertiary alicyclic amines) is 1. The van der Waals surface area contributed by atoms with Crippen molar-refractivity contribution in [3.05, 3.63) is 35.4 Å². The molecule has 0 aromatic heterocycles. The van der Waals surface area contributed by atoms with Gasteiger partial charge in [-0.15, -0.1) is 0 Å². The van der Waals surface area contributed by atoms with E-state index in [9.17, 15) is 9.59 Å². The first-order valence-electron chi connectivity index (χ1n) is 11.5. The molecule has 3 atom stereocenters. The summed E-state index contributed by atoms with van der Waals surface area (Å²) in [5, 5.41) is 3.10. The van der Waals surface area contributed by atoms with E-state index in [4.69, 9.17) is 5.73 Å². The maximum atomic E-state index is 12.9. The summed E-state index contributed by atoms with van der Waals surface area (Å²) in [6.07, 6.45) is 7.28. The van der Waals surface area contributed by atoms with Gasteiger partial charge in [-0.2, -0.15) is 0 Å². The molecule has 30 heavy (non-hydrogen) atoms. The molecule has 2 saturated carbocycles. The van der Waals surface area contributed by atoms with Crippen LogP contribution in [-0.4, -0.2) is 67.4 Å². The smallest absolute Gasteiger partial charge is 0.251 e. The average molecular weight is 413 g/mol. The van der Waals surface area contributed by atoms with Crippen molar-refractivity contribution in [3.63, 3.8) is 0 Å². The summed E-state index contributed by atoms with van der Waals surface area (Å²) in [6.45, 7) is 3.60. The number of carbonyl (C=O) groups excluding carboxylic acids is 2. The third-order valence-electron chi connectivity index (χ3n) is 7.35. The van der Waals surface area contributed by atoms with Crippen LogP contribution in [0, 0.1) is 5.92 Å². The molecule has 2 amide bonds. The molecule has 6 heteroatoms. The van der Waals surface area contributed by atoms with Crippen LogP contribution in [0.2, 0.25) is 0 Å². The van der Waals surface area contributed by atoms with Gasteiger partial charge in [0.1, 0.15) is 0 Å². The van der Waals surface area contributed by atoms with Gasteiger partial charge in [-0.25, -0.2) is 0 Å². The van der Waals surface area contributed by atoms with Gasteiger partial charge in [-0.05, 0) is 75.7 Å². The van der Waals surface area contributed by atoms with Gasteiger partial charge in [0.25, 0.3) is 5.91 Å². The number of nitrogens with two attached hydrogens (primary N) is 1. The summed E-state index contributed by atoms with van der Waals surface area (Å²) >= 11 is 0. The van der Waals surface area contributed by atoms with Gasteiger partial charge < -0.3 is 20.9 Å². The van der Waals surface area contributed by atoms with Crippen LogP contribution < -0.4 is 11.1 Å². The molecule has 3 aliphatic rings. The highest BCUT2D eigenvalue weighted by Crippen LogP contribution is 2.49. The SMILES string of the molecule is CN(C)C(=O)C1CCC(N)C(NC(=O)c2ccc(C3(CN4CCCC4)CC3)cc2)C1. The monoisotopic (exact) mass is 412 g/mol. The number of nitrogens with zero attached hydrogens (tertiary/aromatic N) is 2. The molecule has 0 spiro atoms. The maximum absolute atomic E-state index is 12.9. The van der Waals surface area contributed by atoms with Crippen LogP contribution in [-0.2, 0) is 10.2 Å². The molecule has 3 N–H and O–H groups in total. The summed E-state index contributed by atoms with van der Waals surface area (Å²) in [7, 11) is 3.56. The van der Waals surface area contributed by atoms with Crippen molar-refractivity contribution in [1.29, 1.82) is 0 Å². The highest BCUT2D eigenvalue weighted by Gasteiger charge is 2.45. The Labute approximate surface area is 180 Å². The Kier molecular flexibility index (Phi) is 6.16. The quantitative estimate of drug-likeness (QED) is 0.750. The number of benzene rings is 1. The highest BCUT2D eigenvalue weighted by molar-refractivity contribution is 5.94. The number of amides is 2. The van der Waals surface area contributed by atoms with Gasteiger partial charge in [-0.1, -0.05) is 12.1 Å². The lowest BCUT2D eigenvalue weighted by Gasteiger charge is -2.35. The van der Waals surface area contributed by atoms with E-state index in [-0.39, 0.29) is 29.8 Å². The first-order chi connectivity index (χ1) is 14.4. The summed E-state index contributed by atoms with van der Waals surface area (Å²) in [4.78, 5) is 29.4. The van der Waals surface area contributed by atoms with E-state index in [1.54, 1.807) is 19.0 Å². The fraction of sp³-hybridized carbons (Fsp3) is 0.667. The molecule has 164 valence electrons. The first-order valence-corrected chi connectivity index (χ1v) is 11.5. The van der Waals surface area contributed by atoms with Crippen LogP contribution in [0.5, 0.6) is 0 Å². The molecule has 1 aliphatic heterocycles. The number of carbonyl (C=O) groups is 2. The zero-order valence-corrected chi connectivity index (χ0v) is 18.4. The van der Waals surface area contributed by atoms with E-state index in [0.29, 0.717) is 17.4 Å². The molecule has 3 fully saturated rings. The summed E-state index contributed by atoms with van der Waals surface area (Å²) in [5.41, 5.74) is 8.59. The van der Waals surface area contributed by atoms with Gasteiger partial charge in [0, 0.05) is 49.6 Å². The minimum Gasteiger partial charge on any atom is -0.349 e. The second-order valence-electron chi connectivity index (χ2n) is 9.83. The Balaban J connectivity index is 1.37. The van der Waals surface area contributed by atoms with Crippen molar-refractivity contribution in [2.75, 3.05) is 33.7 Å². The lowest BCUT2D eigenvalue weighted by molar-refractivity contribution is -0.134. The lowest BCUT2D eigenvalue weighted by Crippen LogP contribution is -2.52. The largest absolute Gasteiger partial charge is 0.349 e. The Morgan fingerprint density at radius 1 is 1.13 bits per heavy atom. The lowest BCUT2D eigenvalue weighted by atomic mass is 9.82. The molecule has 0 radical (unpaired) electrons. The maximum Gasteiger partial charge on any atom is 0.251 e. The fourth-order valence-corrected chi connectivity index (χ4v) is 5.23. The van der Waals surface area contributed by atoms with E-state index in [0.717, 1.165) is 19.4 Å². The predicted molar refractivity (Wildman–Crippen MR) is 118 cm³/mol. The van der Waals surface area contributed by atoms with Crippen molar-refractivity contribution in [2.45, 2.75) is 62.4 Å². The van der Waals surface area contributed by atoms with Crippen LogP contribution in [0.1, 0.15) is 60.9 Å². The van der Waals surface area contributed by atoms with Crippen molar-refractivity contribution < 1.29 is 9.59 Å². The third-order valence-corrected chi connectivity index (χ3v) is 7.35. The standard InChI is InChI=1S/C24H36N4O2/c1-27(2)23(30)18-7-10-20(25)21(15-18)26-22(29)17-5-8-19(9-6-17)24(11-12-24)16-28-13-3-4-14-28/h5-6,8-9,18,20-21H,3-4,7,10-16,25H2,1-2H3,(H,26,29). The molecule has 3 unspecified atom stereocenters. The van der Waals surface area contributed by atoms with Crippen molar-refractivity contribution in [2.24, 2.45) is 11.7 Å². The van der Waals surface area contributed by atoms with E-state index in [1.165, 1.54) is 44.3 Å². The van der Waals surface area contributed by atoms with Gasteiger partial charge in [0.2, 0.25) is 5.91 Å². The third kappa shape index (κ3) is 4.54. The van der Waals surface area contributed by atoms with Gasteiger partial charge in [0.15, 0.2) is 0 Å². The molecular weight excluding hydrogens is 376 g/mol. The molecule has 1 saturated heterocycles. The molecule has 1 aromatic rings. The zero-order chi connectivity index (χ0) is 21.3. The molecule has 4 rings (SSSR count). The van der Waals surface area contributed by atoms with Crippen molar-refractivity contribution in [1.82, 2.24) is 15.1 Å². The number of rotatable bonds is 6. The molecular formula is C24H36N4O2. The number of hydrogen-bond acceptors (Lipinski definition) is 4. The highest BCUT2D eigenvalue weighted by atomic mass is 16.2. The first kappa shape index (κ1) is 21.3. The van der Waals surface area contributed by atoms with Crippen molar-refractivity contribution in [3.8, 4) is 0 Å². The van der Waals surface area contributed by atoms with E-state index in [1.807, 2.05) is 12.1 Å². The van der Waals surface area contributed by atoms with Gasteiger partial charge >= 0.3 is 0 Å². The molecule has 1 heterocycles.